The lowest BCUT2D eigenvalue weighted by Gasteiger charge is -2.19. The van der Waals surface area contributed by atoms with Crippen molar-refractivity contribution in [2.45, 2.75) is 26.2 Å². The maximum atomic E-state index is 12.5. The molecule has 2 aromatic rings. The van der Waals surface area contributed by atoms with Gasteiger partial charge in [-0.3, -0.25) is 14.4 Å². The van der Waals surface area contributed by atoms with Crippen molar-refractivity contribution in [2.24, 2.45) is 7.05 Å². The Labute approximate surface area is 153 Å². The largest absolute Gasteiger partial charge is 0.345 e. The molecule has 0 spiro atoms. The fourth-order valence-electron chi connectivity index (χ4n) is 2.49. The molecular weight excluding hydrogens is 330 g/mol. The number of carbonyl (C=O) groups excluding carboxylic acids is 2. The first-order chi connectivity index (χ1) is 12.0. The van der Waals surface area contributed by atoms with Gasteiger partial charge in [-0.1, -0.05) is 32.9 Å². The summed E-state index contributed by atoms with van der Waals surface area (Å²) in [4.78, 5) is 38.3. The summed E-state index contributed by atoms with van der Waals surface area (Å²) in [5, 5.41) is 2.62. The van der Waals surface area contributed by atoms with Crippen molar-refractivity contribution >= 4 is 17.5 Å². The van der Waals surface area contributed by atoms with E-state index in [9.17, 15) is 14.4 Å². The number of pyridine rings is 1. The SMILES string of the molecule is CN(C)C(=O)c1cc(NC(=O)c2ccc(C(C)(C)C)cc2)c(=O)n(C)c1. The molecule has 0 aliphatic rings. The smallest absolute Gasteiger partial charge is 0.274 e. The molecular formula is C20H25N3O3. The predicted octanol–water partition coefficient (Wildman–Crippen LogP) is 2.64. The average Bonchev–Trinajstić information content (AvgIpc) is 2.57. The first kappa shape index (κ1) is 19.4. The number of benzene rings is 1. The van der Waals surface area contributed by atoms with Crippen molar-refractivity contribution < 1.29 is 9.59 Å². The van der Waals surface area contributed by atoms with Gasteiger partial charge < -0.3 is 14.8 Å². The van der Waals surface area contributed by atoms with Gasteiger partial charge in [-0.15, -0.1) is 0 Å². The van der Waals surface area contributed by atoms with Crippen LogP contribution in [0.25, 0.3) is 0 Å². The van der Waals surface area contributed by atoms with Crippen LogP contribution in [0.1, 0.15) is 47.1 Å². The van der Waals surface area contributed by atoms with Gasteiger partial charge in [-0.2, -0.15) is 0 Å². The van der Waals surface area contributed by atoms with Gasteiger partial charge in [0.25, 0.3) is 17.4 Å². The second-order valence-electron chi connectivity index (χ2n) is 7.54. The van der Waals surface area contributed by atoms with E-state index < -0.39 is 5.91 Å². The van der Waals surface area contributed by atoms with Gasteiger partial charge in [-0.25, -0.2) is 0 Å². The van der Waals surface area contributed by atoms with E-state index in [0.29, 0.717) is 11.1 Å². The summed E-state index contributed by atoms with van der Waals surface area (Å²) in [6.45, 7) is 6.29. The number of nitrogens with zero attached hydrogens (tertiary/aromatic N) is 2. The number of carbonyl (C=O) groups is 2. The van der Waals surface area contributed by atoms with Gasteiger partial charge >= 0.3 is 0 Å². The maximum absolute atomic E-state index is 12.5. The van der Waals surface area contributed by atoms with Gasteiger partial charge in [0.1, 0.15) is 5.69 Å². The molecule has 0 unspecified atom stereocenters. The van der Waals surface area contributed by atoms with Gasteiger partial charge in [0.2, 0.25) is 0 Å². The summed E-state index contributed by atoms with van der Waals surface area (Å²) < 4.78 is 1.29. The predicted molar refractivity (Wildman–Crippen MR) is 103 cm³/mol. The maximum Gasteiger partial charge on any atom is 0.274 e. The summed E-state index contributed by atoms with van der Waals surface area (Å²) >= 11 is 0. The van der Waals surface area contributed by atoms with E-state index in [1.165, 1.54) is 21.7 Å². The van der Waals surface area contributed by atoms with Crippen LogP contribution < -0.4 is 10.9 Å². The summed E-state index contributed by atoms with van der Waals surface area (Å²) in [6, 6.07) is 8.68. The molecule has 0 atom stereocenters. The Kier molecular flexibility index (Phi) is 5.35. The van der Waals surface area contributed by atoms with Crippen molar-refractivity contribution in [2.75, 3.05) is 19.4 Å². The van der Waals surface area contributed by atoms with E-state index >= 15 is 0 Å². The zero-order chi connectivity index (χ0) is 19.6. The number of nitrogens with one attached hydrogen (secondary N) is 1. The minimum atomic E-state index is -0.392. The van der Waals surface area contributed by atoms with Gasteiger partial charge in [0, 0.05) is 32.9 Å². The number of amides is 2. The zero-order valence-corrected chi connectivity index (χ0v) is 16.1. The van der Waals surface area contributed by atoms with Crippen LogP contribution in [-0.2, 0) is 12.5 Å². The quantitative estimate of drug-likeness (QED) is 0.920. The molecule has 26 heavy (non-hydrogen) atoms. The molecule has 6 nitrogen and oxygen atoms in total. The Morgan fingerprint density at radius 3 is 2.12 bits per heavy atom. The molecule has 1 aromatic carbocycles. The third-order valence-corrected chi connectivity index (χ3v) is 4.10. The Morgan fingerprint density at radius 2 is 1.62 bits per heavy atom. The molecule has 0 saturated heterocycles. The molecule has 0 aliphatic carbocycles. The van der Waals surface area contributed by atoms with Crippen molar-refractivity contribution in [1.82, 2.24) is 9.47 Å². The third-order valence-electron chi connectivity index (χ3n) is 4.10. The number of hydrogen-bond donors (Lipinski definition) is 1. The molecule has 6 heteroatoms. The minimum absolute atomic E-state index is 0.00812. The lowest BCUT2D eigenvalue weighted by Crippen LogP contribution is -2.28. The standard InChI is InChI=1S/C20H25N3O3/c1-20(2,3)15-9-7-13(8-10-15)17(24)21-16-11-14(18(25)22(4)5)12-23(6)19(16)26/h7-12H,1-6H3,(H,21,24). The number of anilines is 1. The summed E-state index contributed by atoms with van der Waals surface area (Å²) in [5.41, 5.74) is 1.58. The van der Waals surface area contributed by atoms with Gasteiger partial charge in [0.05, 0.1) is 5.56 Å². The monoisotopic (exact) mass is 355 g/mol. The van der Waals surface area contributed by atoms with E-state index in [1.807, 2.05) is 12.1 Å². The lowest BCUT2D eigenvalue weighted by molar-refractivity contribution is 0.0826. The molecule has 0 saturated carbocycles. The highest BCUT2D eigenvalue weighted by molar-refractivity contribution is 6.05. The lowest BCUT2D eigenvalue weighted by atomic mass is 9.87. The normalized spacial score (nSPS) is 11.2. The van der Waals surface area contributed by atoms with Crippen LogP contribution in [0, 0.1) is 0 Å². The number of hydrogen-bond acceptors (Lipinski definition) is 3. The topological polar surface area (TPSA) is 71.4 Å². The summed E-state index contributed by atoms with van der Waals surface area (Å²) in [7, 11) is 4.80. The highest BCUT2D eigenvalue weighted by Gasteiger charge is 2.17. The third kappa shape index (κ3) is 4.20. The van der Waals surface area contributed by atoms with Crippen LogP contribution in [0.3, 0.4) is 0 Å². The van der Waals surface area contributed by atoms with E-state index in [0.717, 1.165) is 5.56 Å². The molecule has 138 valence electrons. The Hall–Kier alpha value is -2.89. The van der Waals surface area contributed by atoms with Crippen molar-refractivity contribution in [1.29, 1.82) is 0 Å². The Morgan fingerprint density at radius 1 is 1.04 bits per heavy atom. The van der Waals surface area contributed by atoms with Crippen LogP contribution in [0.2, 0.25) is 0 Å². The summed E-state index contributed by atoms with van der Waals surface area (Å²) in [6.07, 6.45) is 1.46. The first-order valence-electron chi connectivity index (χ1n) is 8.35. The highest BCUT2D eigenvalue weighted by atomic mass is 16.2. The summed E-state index contributed by atoms with van der Waals surface area (Å²) in [5.74, 6) is -0.636. The molecule has 0 aliphatic heterocycles. The van der Waals surface area contributed by atoms with Crippen LogP contribution in [0.5, 0.6) is 0 Å². The van der Waals surface area contributed by atoms with E-state index in [2.05, 4.69) is 26.1 Å². The molecule has 2 rings (SSSR count). The molecule has 1 heterocycles. The van der Waals surface area contributed by atoms with Crippen LogP contribution in [-0.4, -0.2) is 35.4 Å². The van der Waals surface area contributed by atoms with Crippen LogP contribution >= 0.6 is 0 Å². The second-order valence-corrected chi connectivity index (χ2v) is 7.54. The molecule has 1 N–H and O–H groups in total. The molecule has 1 aromatic heterocycles. The molecule has 2 amide bonds. The van der Waals surface area contributed by atoms with Gasteiger partial charge in [0.15, 0.2) is 0 Å². The molecule has 0 fully saturated rings. The van der Waals surface area contributed by atoms with Crippen LogP contribution in [0.4, 0.5) is 5.69 Å². The van der Waals surface area contributed by atoms with Crippen molar-refractivity contribution in [3.8, 4) is 0 Å². The van der Waals surface area contributed by atoms with Crippen molar-refractivity contribution in [3.05, 3.63) is 63.6 Å². The second kappa shape index (κ2) is 7.15. The Bertz CT molecular complexity index is 888. The number of aromatic nitrogens is 1. The van der Waals surface area contributed by atoms with E-state index in [-0.39, 0.29) is 22.6 Å². The zero-order valence-electron chi connectivity index (χ0n) is 16.1. The van der Waals surface area contributed by atoms with E-state index in [1.54, 1.807) is 33.3 Å². The minimum Gasteiger partial charge on any atom is -0.345 e. The average molecular weight is 355 g/mol. The highest BCUT2D eigenvalue weighted by Crippen LogP contribution is 2.22. The molecule has 0 radical (unpaired) electrons. The van der Waals surface area contributed by atoms with Crippen molar-refractivity contribution in [3.63, 3.8) is 0 Å². The fraction of sp³-hybridized carbons (Fsp3) is 0.350. The Balaban J connectivity index is 2.31. The molecule has 0 bridgehead atoms. The number of aryl methyl sites for hydroxylation is 1. The van der Waals surface area contributed by atoms with E-state index in [4.69, 9.17) is 0 Å². The number of rotatable bonds is 3. The van der Waals surface area contributed by atoms with Crippen LogP contribution in [0.15, 0.2) is 41.3 Å². The first-order valence-corrected chi connectivity index (χ1v) is 8.35. The van der Waals surface area contributed by atoms with Gasteiger partial charge in [-0.05, 0) is 29.2 Å². The fourth-order valence-corrected chi connectivity index (χ4v) is 2.49.